The zero-order chi connectivity index (χ0) is 33.8. The summed E-state index contributed by atoms with van der Waals surface area (Å²) < 4.78 is 9.99. The SMILES string of the molecule is COCc1ccc([C@H](C)N)cn1.COCc1ccc([C@H](C)NC(=O)[C@H]2C[C@@H]2c2ccccc2)cn1.O=C(O)[C@H]1C[C@@H]1c1ccccc1. The Morgan fingerprint density at radius 2 is 1.23 bits per heavy atom. The van der Waals surface area contributed by atoms with Crippen LogP contribution in [0.2, 0.25) is 0 Å². The molecule has 4 N–H and O–H groups in total. The molecule has 47 heavy (non-hydrogen) atoms. The van der Waals surface area contributed by atoms with E-state index in [1.54, 1.807) is 26.6 Å². The first kappa shape index (κ1) is 35.4. The van der Waals surface area contributed by atoms with Crippen molar-refractivity contribution >= 4 is 11.9 Å². The van der Waals surface area contributed by atoms with E-state index >= 15 is 0 Å². The van der Waals surface area contributed by atoms with E-state index in [1.807, 2.05) is 86.6 Å². The van der Waals surface area contributed by atoms with Crippen LogP contribution in [0, 0.1) is 11.8 Å². The van der Waals surface area contributed by atoms with E-state index in [4.69, 9.17) is 20.3 Å². The van der Waals surface area contributed by atoms with Crippen LogP contribution in [-0.4, -0.2) is 41.2 Å². The van der Waals surface area contributed by atoms with Gasteiger partial charge in [-0.15, -0.1) is 0 Å². The van der Waals surface area contributed by atoms with Crippen LogP contribution in [0.15, 0.2) is 97.3 Å². The molecule has 9 nitrogen and oxygen atoms in total. The average molecular weight is 639 g/mol. The van der Waals surface area contributed by atoms with Gasteiger partial charge in [-0.05, 0) is 72.9 Å². The summed E-state index contributed by atoms with van der Waals surface area (Å²) in [5.74, 6) is 0.0680. The standard InChI is InChI=1S/C19H22N2O2.C10H10O2.C9H14N2O/c1-13(15-8-9-16(12-23-2)20-11-15)21-19(22)18-10-17(18)14-6-4-3-5-7-14;11-10(12)9-6-8(9)7-4-2-1-3-5-7;1-7(10)8-3-4-9(6-12-2)11-5-8/h3-9,11,13,17-18H,10,12H2,1-2H3,(H,21,22);1-5,8-9H,6H2,(H,11,12);3-5,7H,6,10H2,1-2H3/t13-,17+,18-;8-,9+;7-/m010/s1. The van der Waals surface area contributed by atoms with Crippen molar-refractivity contribution in [2.24, 2.45) is 17.6 Å². The lowest BCUT2D eigenvalue weighted by Gasteiger charge is -2.14. The molecule has 248 valence electrons. The number of hydrogen-bond acceptors (Lipinski definition) is 7. The molecule has 2 aliphatic rings. The van der Waals surface area contributed by atoms with Gasteiger partial charge in [0.05, 0.1) is 36.6 Å². The Labute approximate surface area is 277 Å². The number of ether oxygens (including phenoxy) is 2. The molecule has 2 fully saturated rings. The van der Waals surface area contributed by atoms with E-state index in [1.165, 1.54) is 5.56 Å². The van der Waals surface area contributed by atoms with Crippen LogP contribution in [0.25, 0.3) is 0 Å². The quantitative estimate of drug-likeness (QED) is 0.173. The first-order chi connectivity index (χ1) is 22.7. The Morgan fingerprint density at radius 1 is 0.766 bits per heavy atom. The number of carbonyl (C=O) groups excluding carboxylic acids is 1. The van der Waals surface area contributed by atoms with Crippen molar-refractivity contribution in [1.29, 1.82) is 0 Å². The molecule has 1 amide bonds. The van der Waals surface area contributed by atoms with Gasteiger partial charge in [0, 0.05) is 38.6 Å². The van der Waals surface area contributed by atoms with Gasteiger partial charge in [-0.3, -0.25) is 19.6 Å². The largest absolute Gasteiger partial charge is 0.481 e. The van der Waals surface area contributed by atoms with Crippen LogP contribution in [-0.2, 0) is 32.3 Å². The number of aromatic nitrogens is 2. The molecule has 0 aliphatic heterocycles. The summed E-state index contributed by atoms with van der Waals surface area (Å²) in [5.41, 5.74) is 12.0. The van der Waals surface area contributed by atoms with Crippen LogP contribution in [0.5, 0.6) is 0 Å². The molecular weight excluding hydrogens is 592 g/mol. The van der Waals surface area contributed by atoms with Gasteiger partial charge in [0.25, 0.3) is 0 Å². The number of rotatable bonds is 11. The van der Waals surface area contributed by atoms with Gasteiger partial charge in [0.15, 0.2) is 0 Å². The third-order valence-electron chi connectivity index (χ3n) is 8.35. The number of hydrogen-bond donors (Lipinski definition) is 3. The lowest BCUT2D eigenvalue weighted by atomic mass is 10.1. The van der Waals surface area contributed by atoms with Crippen LogP contribution >= 0.6 is 0 Å². The summed E-state index contributed by atoms with van der Waals surface area (Å²) in [6.07, 6.45) is 5.34. The van der Waals surface area contributed by atoms with Crippen LogP contribution in [0.1, 0.15) is 84.3 Å². The van der Waals surface area contributed by atoms with E-state index in [0.29, 0.717) is 19.1 Å². The second-order valence-electron chi connectivity index (χ2n) is 12.1. The van der Waals surface area contributed by atoms with Crippen molar-refractivity contribution < 1.29 is 24.2 Å². The molecule has 0 spiro atoms. The average Bonchev–Trinajstić information content (AvgIpc) is 4.02. The first-order valence-electron chi connectivity index (χ1n) is 16.0. The number of methoxy groups -OCH3 is 2. The summed E-state index contributed by atoms with van der Waals surface area (Å²) in [5, 5.41) is 11.8. The van der Waals surface area contributed by atoms with Crippen LogP contribution in [0.3, 0.4) is 0 Å². The van der Waals surface area contributed by atoms with Gasteiger partial charge in [-0.1, -0.05) is 72.8 Å². The van der Waals surface area contributed by atoms with Gasteiger partial charge < -0.3 is 25.6 Å². The van der Waals surface area contributed by atoms with Gasteiger partial charge in [-0.25, -0.2) is 0 Å². The molecule has 0 unspecified atom stereocenters. The van der Waals surface area contributed by atoms with Crippen molar-refractivity contribution in [2.75, 3.05) is 14.2 Å². The molecule has 2 aliphatic carbocycles. The Kier molecular flexibility index (Phi) is 13.2. The molecule has 0 saturated heterocycles. The predicted molar refractivity (Wildman–Crippen MR) is 181 cm³/mol. The maximum absolute atomic E-state index is 12.4. The number of benzene rings is 2. The Balaban J connectivity index is 0.000000176. The van der Waals surface area contributed by atoms with Gasteiger partial charge >= 0.3 is 5.97 Å². The number of pyridine rings is 2. The number of carboxylic acid groups (broad SMARTS) is 1. The van der Waals surface area contributed by atoms with Crippen molar-refractivity contribution in [1.82, 2.24) is 15.3 Å². The lowest BCUT2D eigenvalue weighted by Crippen LogP contribution is -2.28. The smallest absolute Gasteiger partial charge is 0.307 e. The van der Waals surface area contributed by atoms with Crippen molar-refractivity contribution in [2.45, 2.75) is 63.8 Å². The predicted octanol–water partition coefficient (Wildman–Crippen LogP) is 6.33. The number of nitrogens with zero attached hydrogens (tertiary/aromatic N) is 2. The fraction of sp³-hybridized carbons (Fsp3) is 0.368. The van der Waals surface area contributed by atoms with E-state index < -0.39 is 5.97 Å². The summed E-state index contributed by atoms with van der Waals surface area (Å²) in [7, 11) is 3.30. The fourth-order valence-corrected chi connectivity index (χ4v) is 5.36. The van der Waals surface area contributed by atoms with Crippen LogP contribution < -0.4 is 11.1 Å². The van der Waals surface area contributed by atoms with Crippen molar-refractivity contribution in [3.05, 3.63) is 131 Å². The summed E-state index contributed by atoms with van der Waals surface area (Å²) >= 11 is 0. The molecule has 2 aromatic heterocycles. The third-order valence-corrected chi connectivity index (χ3v) is 8.35. The fourth-order valence-electron chi connectivity index (χ4n) is 5.36. The lowest BCUT2D eigenvalue weighted by molar-refractivity contribution is -0.138. The van der Waals surface area contributed by atoms with Gasteiger partial charge in [0.2, 0.25) is 5.91 Å². The van der Waals surface area contributed by atoms with Crippen LogP contribution in [0.4, 0.5) is 0 Å². The molecule has 2 heterocycles. The molecule has 9 heteroatoms. The number of nitrogens with one attached hydrogen (secondary N) is 1. The van der Waals surface area contributed by atoms with Crippen molar-refractivity contribution in [3.8, 4) is 0 Å². The number of carbonyl (C=O) groups is 2. The molecule has 0 radical (unpaired) electrons. The number of nitrogens with two attached hydrogens (primary N) is 1. The van der Waals surface area contributed by atoms with E-state index in [9.17, 15) is 9.59 Å². The normalized spacial score (nSPS) is 20.3. The molecule has 0 bridgehead atoms. The van der Waals surface area contributed by atoms with Gasteiger partial charge in [-0.2, -0.15) is 0 Å². The highest BCUT2D eigenvalue weighted by Crippen LogP contribution is 2.48. The highest BCUT2D eigenvalue weighted by atomic mass is 16.5. The first-order valence-corrected chi connectivity index (χ1v) is 16.0. The second kappa shape index (κ2) is 17.5. The molecule has 6 rings (SSSR count). The zero-order valence-corrected chi connectivity index (χ0v) is 27.6. The Hall–Kier alpha value is -4.44. The number of amides is 1. The highest BCUT2D eigenvalue weighted by Gasteiger charge is 2.44. The Morgan fingerprint density at radius 3 is 1.64 bits per heavy atom. The summed E-state index contributed by atoms with van der Waals surface area (Å²) in [6, 6.07) is 27.9. The van der Waals surface area contributed by atoms with Gasteiger partial charge in [0.1, 0.15) is 0 Å². The molecule has 2 saturated carbocycles. The monoisotopic (exact) mass is 638 g/mol. The zero-order valence-electron chi connectivity index (χ0n) is 27.6. The Bertz CT molecular complexity index is 1530. The minimum absolute atomic E-state index is 0.0383. The second-order valence-corrected chi connectivity index (χ2v) is 12.1. The number of carboxylic acids is 1. The van der Waals surface area contributed by atoms with E-state index in [-0.39, 0.29) is 35.7 Å². The molecular formula is C38H46N4O5. The third kappa shape index (κ3) is 10.8. The topological polar surface area (TPSA) is 137 Å². The summed E-state index contributed by atoms with van der Waals surface area (Å²) in [4.78, 5) is 31.5. The highest BCUT2D eigenvalue weighted by molar-refractivity contribution is 5.83. The molecule has 2 aromatic carbocycles. The minimum atomic E-state index is -0.663. The minimum Gasteiger partial charge on any atom is -0.481 e. The molecule has 4 aromatic rings. The van der Waals surface area contributed by atoms with Crippen molar-refractivity contribution in [3.63, 3.8) is 0 Å². The maximum atomic E-state index is 12.4. The molecule has 6 atom stereocenters. The number of aliphatic carboxylic acids is 1. The van der Waals surface area contributed by atoms with E-state index in [0.717, 1.165) is 40.9 Å². The summed E-state index contributed by atoms with van der Waals surface area (Å²) in [6.45, 7) is 4.99. The maximum Gasteiger partial charge on any atom is 0.307 e. The van der Waals surface area contributed by atoms with E-state index in [2.05, 4.69) is 27.4 Å².